The first-order chi connectivity index (χ1) is 28.7. The van der Waals surface area contributed by atoms with Gasteiger partial charge in [0, 0.05) is 79.6 Å². The quantitative estimate of drug-likeness (QED) is 0.181. The van der Waals surface area contributed by atoms with E-state index in [0.717, 1.165) is 36.8 Å². The van der Waals surface area contributed by atoms with Gasteiger partial charge < -0.3 is 24.6 Å². The number of benzene rings is 3. The van der Waals surface area contributed by atoms with Crippen molar-refractivity contribution >= 4 is 40.1 Å². The van der Waals surface area contributed by atoms with E-state index in [0.29, 0.717) is 53.9 Å². The summed E-state index contributed by atoms with van der Waals surface area (Å²) in [5, 5.41) is 20.2. The molecule has 4 fully saturated rings. The minimum Gasteiger partial charge on any atom is -0.495 e. The molecular formula is C45H52F2N8O5. The average Bonchev–Trinajstić information content (AvgIpc) is 3.66. The summed E-state index contributed by atoms with van der Waals surface area (Å²) in [7, 11) is 1.51. The molecule has 0 radical (unpaired) electrons. The van der Waals surface area contributed by atoms with Crippen molar-refractivity contribution in [1.29, 1.82) is 5.26 Å². The van der Waals surface area contributed by atoms with E-state index in [1.165, 1.54) is 18.1 Å². The number of alkyl halides is 1. The molecule has 0 unspecified atom stereocenters. The lowest BCUT2D eigenvalue weighted by Crippen LogP contribution is -2.74. The Morgan fingerprint density at radius 3 is 2.45 bits per heavy atom. The van der Waals surface area contributed by atoms with Gasteiger partial charge in [-0.05, 0) is 67.6 Å². The number of anilines is 2. The largest absolute Gasteiger partial charge is 0.495 e. The molecule has 3 aliphatic heterocycles. The summed E-state index contributed by atoms with van der Waals surface area (Å²) in [4.78, 5) is 43.5. The van der Waals surface area contributed by atoms with E-state index >= 15 is 8.78 Å². The number of aromatic nitrogens is 2. The van der Waals surface area contributed by atoms with Gasteiger partial charge in [-0.25, -0.2) is 13.6 Å². The second-order valence-electron chi connectivity index (χ2n) is 17.8. The number of carbonyl (C=O) groups is 3. The van der Waals surface area contributed by atoms with Gasteiger partial charge in [-0.2, -0.15) is 10.4 Å². The molecule has 2 N–H and O–H groups in total. The molecule has 15 heteroatoms. The van der Waals surface area contributed by atoms with E-state index in [1.807, 2.05) is 50.8 Å². The van der Waals surface area contributed by atoms with Crippen LogP contribution in [0.15, 0.2) is 60.8 Å². The van der Waals surface area contributed by atoms with Gasteiger partial charge in [-0.1, -0.05) is 33.8 Å². The number of nitrogens with one attached hydrogen (secondary N) is 2. The Morgan fingerprint density at radius 1 is 1.00 bits per heavy atom. The number of nitriles is 1. The summed E-state index contributed by atoms with van der Waals surface area (Å²) >= 11 is 0. The Bertz CT molecular complexity index is 2330. The molecule has 1 aromatic heterocycles. The van der Waals surface area contributed by atoms with Crippen molar-refractivity contribution in [3.63, 3.8) is 0 Å². The van der Waals surface area contributed by atoms with E-state index in [-0.39, 0.29) is 49.0 Å². The molecule has 316 valence electrons. The van der Waals surface area contributed by atoms with Gasteiger partial charge >= 0.3 is 6.03 Å². The minimum atomic E-state index is -1.14. The summed E-state index contributed by atoms with van der Waals surface area (Å²) in [5.41, 5.74) is 1.61. The zero-order valence-electron chi connectivity index (χ0n) is 34.7. The maximum atomic E-state index is 15.9. The highest BCUT2D eigenvalue weighted by atomic mass is 19.1. The lowest BCUT2D eigenvalue weighted by molar-refractivity contribution is -0.164. The smallest absolute Gasteiger partial charge is 0.328 e. The van der Waals surface area contributed by atoms with E-state index in [2.05, 4.69) is 26.7 Å². The summed E-state index contributed by atoms with van der Waals surface area (Å²) in [5.74, 6) is 0.244. The van der Waals surface area contributed by atoms with Crippen LogP contribution in [0.2, 0.25) is 0 Å². The number of carbonyl (C=O) groups excluding carboxylic acids is 3. The van der Waals surface area contributed by atoms with Gasteiger partial charge in [0.25, 0.3) is 5.91 Å². The van der Waals surface area contributed by atoms with Crippen LogP contribution in [0.4, 0.5) is 25.0 Å². The number of fused-ring (bicyclic) bond motifs is 1. The van der Waals surface area contributed by atoms with Crippen molar-refractivity contribution in [2.45, 2.75) is 77.7 Å². The van der Waals surface area contributed by atoms with Crippen molar-refractivity contribution in [3.05, 3.63) is 77.7 Å². The fourth-order valence-electron chi connectivity index (χ4n) is 10.4. The molecular weight excluding hydrogens is 771 g/mol. The first-order valence-corrected chi connectivity index (χ1v) is 20.7. The monoisotopic (exact) mass is 822 g/mol. The number of likely N-dealkylation sites (tertiary alicyclic amines) is 1. The van der Waals surface area contributed by atoms with Crippen LogP contribution in [-0.2, 0) is 4.79 Å². The van der Waals surface area contributed by atoms with Crippen LogP contribution < -0.4 is 29.9 Å². The number of hydrogen-bond acceptors (Lipinski definition) is 9. The third-order valence-corrected chi connectivity index (χ3v) is 13.2. The number of piperidine rings is 2. The van der Waals surface area contributed by atoms with Gasteiger partial charge in [0.1, 0.15) is 35.7 Å². The number of nitrogens with zero attached hydrogens (tertiary/aromatic N) is 6. The molecule has 1 saturated carbocycles. The van der Waals surface area contributed by atoms with Crippen molar-refractivity contribution in [2.24, 2.45) is 16.7 Å². The number of halogens is 2. The molecule has 4 aliphatic rings. The van der Waals surface area contributed by atoms with Crippen molar-refractivity contribution < 1.29 is 32.6 Å². The van der Waals surface area contributed by atoms with Gasteiger partial charge in [-0.3, -0.25) is 24.5 Å². The predicted octanol–water partition coefficient (Wildman–Crippen LogP) is 6.62. The molecule has 13 nitrogen and oxygen atoms in total. The summed E-state index contributed by atoms with van der Waals surface area (Å²) < 4.78 is 45.1. The summed E-state index contributed by atoms with van der Waals surface area (Å²) in [6.07, 6.45) is 2.75. The number of ether oxygens (including phenoxy) is 2. The standard InChI is InChI=1S/C45H52F2N8O5/c1-44(2)41(45(3,4)42(44)60-30-11-9-29(23-48)38(22-30)59-5)51-40(57)28-10-12-36(32(46)21-28)53-18-13-27(14-19-53)25-52-17-15-37(33(47)26-52)55-35-8-6-7-34(31(35)24-49-55)54-20-16-39(56)50-43(54)58/h6-12,21-22,24,27,33,37,41-42H,13-20,25-26H2,1-5H3,(H,51,57)(H,50,56,58)/t33-,37+,41?,42?/m1/s1. The highest BCUT2D eigenvalue weighted by Crippen LogP contribution is 2.55. The highest BCUT2D eigenvalue weighted by Gasteiger charge is 2.64. The van der Waals surface area contributed by atoms with E-state index in [4.69, 9.17) is 9.47 Å². The maximum Gasteiger partial charge on any atom is 0.328 e. The fourth-order valence-corrected chi connectivity index (χ4v) is 10.4. The minimum absolute atomic E-state index is 0.211. The van der Waals surface area contributed by atoms with E-state index < -0.39 is 34.9 Å². The van der Waals surface area contributed by atoms with Crippen molar-refractivity contribution in [2.75, 3.05) is 56.2 Å². The Kier molecular flexibility index (Phi) is 11.0. The molecule has 0 bridgehead atoms. The average molecular weight is 823 g/mol. The second-order valence-corrected chi connectivity index (χ2v) is 17.8. The number of methoxy groups -OCH3 is 1. The first kappa shape index (κ1) is 41.0. The van der Waals surface area contributed by atoms with Crippen LogP contribution in [0.3, 0.4) is 0 Å². The molecule has 8 rings (SSSR count). The van der Waals surface area contributed by atoms with Gasteiger partial charge in [0.05, 0.1) is 41.8 Å². The first-order valence-electron chi connectivity index (χ1n) is 20.7. The maximum absolute atomic E-state index is 15.9. The normalized spacial score (nSPS) is 24.4. The highest BCUT2D eigenvalue weighted by molar-refractivity contribution is 6.09. The van der Waals surface area contributed by atoms with Gasteiger partial charge in [-0.15, -0.1) is 0 Å². The second kappa shape index (κ2) is 16.0. The molecule has 4 amide bonds. The molecule has 0 spiro atoms. The third-order valence-electron chi connectivity index (χ3n) is 13.2. The van der Waals surface area contributed by atoms with Crippen LogP contribution in [0.1, 0.15) is 75.3 Å². The number of urea groups is 1. The Balaban J connectivity index is 0.829. The fraction of sp³-hybridized carbons (Fsp3) is 0.489. The topological polar surface area (TPSA) is 145 Å². The van der Waals surface area contributed by atoms with Gasteiger partial charge in [0.15, 0.2) is 0 Å². The van der Waals surface area contributed by atoms with Crippen molar-refractivity contribution in [3.8, 4) is 17.6 Å². The third kappa shape index (κ3) is 7.50. The van der Waals surface area contributed by atoms with Crippen LogP contribution in [0.25, 0.3) is 10.9 Å². The molecule has 4 aromatic rings. The van der Waals surface area contributed by atoms with Crippen LogP contribution >= 0.6 is 0 Å². The Labute approximate surface area is 348 Å². The Hall–Kier alpha value is -5.75. The molecule has 1 aliphatic carbocycles. The van der Waals surface area contributed by atoms with Crippen LogP contribution in [0, 0.1) is 33.9 Å². The predicted molar refractivity (Wildman–Crippen MR) is 223 cm³/mol. The SMILES string of the molecule is COc1cc(OC2C(C)(C)C(NC(=O)c3ccc(N4CCC(CN5CC[C@H](n6ncc7c(N8CCC(=O)NC8=O)cccc76)[C@H](F)C5)CC4)c(F)c3)C2(C)C)ccc1C#N. The zero-order chi connectivity index (χ0) is 42.5. The lowest BCUT2D eigenvalue weighted by Gasteiger charge is -2.63. The zero-order valence-corrected chi connectivity index (χ0v) is 34.7. The van der Waals surface area contributed by atoms with Crippen LogP contribution in [0.5, 0.6) is 11.5 Å². The van der Waals surface area contributed by atoms with E-state index in [9.17, 15) is 19.6 Å². The number of hydrogen-bond donors (Lipinski definition) is 2. The van der Waals surface area contributed by atoms with Crippen LogP contribution in [-0.4, -0.2) is 97.2 Å². The van der Waals surface area contributed by atoms with E-state index in [1.54, 1.807) is 41.2 Å². The molecule has 3 aromatic carbocycles. The molecule has 3 saturated heterocycles. The molecule has 2 atom stereocenters. The number of rotatable bonds is 10. The lowest BCUT2D eigenvalue weighted by atomic mass is 9.49. The number of amides is 4. The number of imide groups is 1. The molecule has 60 heavy (non-hydrogen) atoms. The summed E-state index contributed by atoms with van der Waals surface area (Å²) in [6.45, 7) is 11.5. The van der Waals surface area contributed by atoms with Gasteiger partial charge in [0.2, 0.25) is 5.91 Å². The molecule has 4 heterocycles. The summed E-state index contributed by atoms with van der Waals surface area (Å²) in [6, 6.07) is 16.2. The van der Waals surface area contributed by atoms with Crippen molar-refractivity contribution in [1.82, 2.24) is 25.3 Å². The Morgan fingerprint density at radius 2 is 1.77 bits per heavy atom.